The number of hydrogen-bond donors (Lipinski definition) is 2. The van der Waals surface area contributed by atoms with Crippen LogP contribution in [-0.2, 0) is 38.1 Å². The van der Waals surface area contributed by atoms with Crippen LogP contribution in [0.4, 0.5) is 0 Å². The zero-order valence-electron chi connectivity index (χ0n) is 26.9. The number of cyclic esters (lactones) is 1. The van der Waals surface area contributed by atoms with Gasteiger partial charge < -0.3 is 38.3 Å². The molecule has 11 nitrogen and oxygen atoms in total. The Morgan fingerprint density at radius 2 is 1.96 bits per heavy atom. The largest absolute Gasteiger partial charge is 0.472 e. The zero-order valence-corrected chi connectivity index (χ0v) is 26.9. The Morgan fingerprint density at radius 3 is 2.58 bits per heavy atom. The number of esters is 3. The number of carbonyl (C=O) groups excluding carboxylic acids is 3. The molecule has 13 unspecified atom stereocenters. The smallest absolute Gasteiger partial charge is 0.335 e. The fraction of sp³-hybridized carbons (Fsp3) is 0.735. The van der Waals surface area contributed by atoms with Crippen LogP contribution in [-0.4, -0.2) is 83.1 Å². The van der Waals surface area contributed by atoms with Crippen molar-refractivity contribution in [2.24, 2.45) is 28.6 Å². The van der Waals surface area contributed by atoms with Crippen LogP contribution in [0.25, 0.3) is 0 Å². The van der Waals surface area contributed by atoms with Crippen LogP contribution >= 0.6 is 0 Å². The summed E-state index contributed by atoms with van der Waals surface area (Å²) < 4.78 is 36.4. The van der Waals surface area contributed by atoms with E-state index in [1.54, 1.807) is 33.3 Å². The summed E-state index contributed by atoms with van der Waals surface area (Å²) in [6.45, 7) is 15.5. The van der Waals surface area contributed by atoms with E-state index in [9.17, 15) is 24.6 Å². The average molecular weight is 631 g/mol. The van der Waals surface area contributed by atoms with Crippen molar-refractivity contribution in [2.45, 2.75) is 115 Å². The molecule has 3 saturated heterocycles. The summed E-state index contributed by atoms with van der Waals surface area (Å²) in [4.78, 5) is 39.6. The van der Waals surface area contributed by atoms with Gasteiger partial charge in [0.25, 0.3) is 0 Å². The van der Waals surface area contributed by atoms with E-state index in [-0.39, 0.29) is 37.4 Å². The summed E-state index contributed by atoms with van der Waals surface area (Å²) in [6, 6.07) is 1.90. The average Bonchev–Trinajstić information content (AvgIpc) is 3.31. The number of carbonyl (C=O) groups is 3. The van der Waals surface area contributed by atoms with Crippen LogP contribution < -0.4 is 0 Å². The van der Waals surface area contributed by atoms with Crippen molar-refractivity contribution in [2.75, 3.05) is 13.2 Å². The van der Waals surface area contributed by atoms with E-state index in [0.717, 1.165) is 11.1 Å². The van der Waals surface area contributed by atoms with Gasteiger partial charge in [-0.15, -0.1) is 0 Å². The predicted octanol–water partition coefficient (Wildman–Crippen LogP) is 3.46. The van der Waals surface area contributed by atoms with Gasteiger partial charge in [0.1, 0.15) is 23.4 Å². The fourth-order valence-electron chi connectivity index (χ4n) is 9.65. The maximum absolute atomic E-state index is 13.7. The van der Waals surface area contributed by atoms with Crippen molar-refractivity contribution in [3.8, 4) is 0 Å². The van der Waals surface area contributed by atoms with E-state index in [1.807, 2.05) is 26.8 Å². The third-order valence-corrected chi connectivity index (χ3v) is 12.2. The third-order valence-electron chi connectivity index (χ3n) is 12.2. The Labute approximate surface area is 263 Å². The molecular formula is C34H46O11. The lowest BCUT2D eigenvalue weighted by Gasteiger charge is -2.55. The van der Waals surface area contributed by atoms with E-state index < -0.39 is 82.8 Å². The van der Waals surface area contributed by atoms with Gasteiger partial charge in [-0.25, -0.2) is 4.79 Å². The molecule has 45 heavy (non-hydrogen) atoms. The van der Waals surface area contributed by atoms with Crippen molar-refractivity contribution in [3.05, 3.63) is 36.3 Å². The summed E-state index contributed by atoms with van der Waals surface area (Å²) in [5.41, 5.74) is -2.38. The molecule has 1 aromatic heterocycles. The molecule has 6 rings (SSSR count). The standard InChI is InChI=1S/C34H46O11/c1-8-17(3)27(38)30(39)43-29-28-26(18(4)34-23(44-34)12-20(33(29,34)7)19-10-11-40-15-19)32(6,22(42-28)14-24(36)41-9-2)21-13-25(37)45-31(21,5)16-35/h10-11,15,17,20-23,26-29,35,38H,4,8-9,12-14,16H2,1-3,5-7H3. The Kier molecular flexibility index (Phi) is 7.82. The van der Waals surface area contributed by atoms with E-state index >= 15 is 0 Å². The van der Waals surface area contributed by atoms with Gasteiger partial charge in [-0.05, 0) is 43.4 Å². The highest BCUT2D eigenvalue weighted by molar-refractivity contribution is 5.76. The minimum absolute atomic E-state index is 0.00384. The molecule has 11 heteroatoms. The van der Waals surface area contributed by atoms with Gasteiger partial charge in [0.15, 0.2) is 6.10 Å². The lowest BCUT2D eigenvalue weighted by molar-refractivity contribution is -0.197. The number of furan rings is 1. The molecule has 2 N–H and O–H groups in total. The lowest BCUT2D eigenvalue weighted by atomic mass is 9.49. The maximum Gasteiger partial charge on any atom is 0.335 e. The van der Waals surface area contributed by atoms with Crippen LogP contribution in [0.2, 0.25) is 0 Å². The fourth-order valence-corrected chi connectivity index (χ4v) is 9.65. The summed E-state index contributed by atoms with van der Waals surface area (Å²) in [6.07, 6.45) is 0.208. The minimum atomic E-state index is -1.36. The maximum atomic E-state index is 13.7. The number of hydrogen-bond acceptors (Lipinski definition) is 11. The Bertz CT molecular complexity index is 1360. The highest BCUT2D eigenvalue weighted by atomic mass is 16.6. The van der Waals surface area contributed by atoms with Crippen LogP contribution in [0.1, 0.15) is 78.7 Å². The highest BCUT2D eigenvalue weighted by Gasteiger charge is 2.85. The molecule has 4 heterocycles. The quantitative estimate of drug-likeness (QED) is 0.169. The lowest BCUT2D eigenvalue weighted by Crippen LogP contribution is -2.64. The van der Waals surface area contributed by atoms with Gasteiger partial charge in [0.05, 0.1) is 50.8 Å². The van der Waals surface area contributed by atoms with Gasteiger partial charge >= 0.3 is 17.9 Å². The van der Waals surface area contributed by atoms with E-state index in [1.165, 1.54) is 0 Å². The van der Waals surface area contributed by atoms with Crippen molar-refractivity contribution in [1.29, 1.82) is 0 Å². The molecule has 0 bridgehead atoms. The topological polar surface area (TPSA) is 154 Å². The van der Waals surface area contributed by atoms with Gasteiger partial charge in [0.2, 0.25) is 0 Å². The second-order valence-electron chi connectivity index (χ2n) is 14.3. The molecular weight excluding hydrogens is 584 g/mol. The van der Waals surface area contributed by atoms with Crippen molar-refractivity contribution in [3.63, 3.8) is 0 Å². The van der Waals surface area contributed by atoms with Gasteiger partial charge in [-0.1, -0.05) is 40.7 Å². The molecule has 13 atom stereocenters. The van der Waals surface area contributed by atoms with E-state index in [4.69, 9.17) is 28.1 Å². The normalized spacial score (nSPS) is 44.4. The molecule has 2 aliphatic carbocycles. The first kappa shape index (κ1) is 32.2. The minimum Gasteiger partial charge on any atom is -0.472 e. The molecule has 5 fully saturated rings. The van der Waals surface area contributed by atoms with E-state index in [2.05, 4.69) is 6.58 Å². The van der Waals surface area contributed by atoms with E-state index in [0.29, 0.717) is 12.8 Å². The monoisotopic (exact) mass is 630 g/mol. The summed E-state index contributed by atoms with van der Waals surface area (Å²) in [5, 5.41) is 21.5. The molecule has 1 aromatic rings. The molecule has 1 spiro atoms. The second kappa shape index (κ2) is 10.9. The van der Waals surface area contributed by atoms with Gasteiger partial charge in [0, 0.05) is 28.6 Å². The second-order valence-corrected chi connectivity index (χ2v) is 14.3. The van der Waals surface area contributed by atoms with Crippen molar-refractivity contribution < 1.29 is 52.7 Å². The Morgan fingerprint density at radius 1 is 1.22 bits per heavy atom. The highest BCUT2D eigenvalue weighted by Crippen LogP contribution is 2.78. The number of epoxide rings is 1. The molecule has 0 amide bonds. The third kappa shape index (κ3) is 4.33. The van der Waals surface area contributed by atoms with Crippen LogP contribution in [0.5, 0.6) is 0 Å². The van der Waals surface area contributed by atoms with Crippen LogP contribution in [0.3, 0.4) is 0 Å². The van der Waals surface area contributed by atoms with Gasteiger partial charge in [-0.3, -0.25) is 9.59 Å². The summed E-state index contributed by atoms with van der Waals surface area (Å²) in [5.74, 6) is -3.35. The summed E-state index contributed by atoms with van der Waals surface area (Å²) in [7, 11) is 0. The van der Waals surface area contributed by atoms with Gasteiger partial charge in [-0.2, -0.15) is 0 Å². The number of rotatable bonds is 10. The predicted molar refractivity (Wildman–Crippen MR) is 157 cm³/mol. The van der Waals surface area contributed by atoms with Crippen LogP contribution in [0.15, 0.2) is 35.2 Å². The molecule has 3 aliphatic heterocycles. The Balaban J connectivity index is 1.51. The van der Waals surface area contributed by atoms with Crippen molar-refractivity contribution >= 4 is 17.9 Å². The number of aliphatic hydroxyl groups excluding tert-OH is 2. The Hall–Kier alpha value is -2.73. The number of ether oxygens (including phenoxy) is 5. The van der Waals surface area contributed by atoms with Crippen LogP contribution in [0, 0.1) is 28.6 Å². The molecule has 2 saturated carbocycles. The summed E-state index contributed by atoms with van der Waals surface area (Å²) >= 11 is 0. The SMILES string of the molecule is C=C1C2C(OC(CC(=O)OCC)C2(C)C2CC(=O)OC2(C)CO)C(OC(=O)C(O)C(C)CC)C2(C)C(c3ccoc3)CC3OC132. The molecule has 0 radical (unpaired) electrons. The zero-order chi connectivity index (χ0) is 32.7. The molecule has 0 aromatic carbocycles. The number of aliphatic hydroxyl groups is 2. The first-order valence-corrected chi connectivity index (χ1v) is 16.2. The molecule has 248 valence electrons. The molecule has 5 aliphatic rings. The first-order valence-electron chi connectivity index (χ1n) is 16.2. The number of fused-ring (bicyclic) bond motifs is 1. The van der Waals surface area contributed by atoms with Crippen molar-refractivity contribution in [1.82, 2.24) is 0 Å². The first-order chi connectivity index (χ1) is 21.2.